The van der Waals surface area contributed by atoms with Crippen LogP contribution in [0.1, 0.15) is 43.2 Å². The topological polar surface area (TPSA) is 29.5 Å². The molecule has 4 fully saturated rings. The van der Waals surface area contributed by atoms with Crippen LogP contribution in [-0.4, -0.2) is 17.1 Å². The van der Waals surface area contributed by atoms with E-state index in [1.807, 2.05) is 41.3 Å². The predicted molar refractivity (Wildman–Crippen MR) is 109 cm³/mol. The van der Waals surface area contributed by atoms with E-state index in [2.05, 4.69) is 24.3 Å². The number of carbonyl (C=O) groups excluding carboxylic acids is 1. The van der Waals surface area contributed by atoms with Gasteiger partial charge in [-0.3, -0.25) is 4.90 Å². The Morgan fingerprint density at radius 2 is 1.21 bits per heavy atom. The zero-order valence-electron chi connectivity index (χ0n) is 16.4. The van der Waals surface area contributed by atoms with Crippen molar-refractivity contribution in [3.05, 3.63) is 71.8 Å². The molecule has 0 spiro atoms. The second-order valence-electron chi connectivity index (χ2n) is 9.11. The normalized spacial score (nSPS) is 30.2. The van der Waals surface area contributed by atoms with Gasteiger partial charge in [0.25, 0.3) is 0 Å². The second-order valence-corrected chi connectivity index (χ2v) is 9.11. The van der Waals surface area contributed by atoms with Crippen molar-refractivity contribution in [2.75, 3.05) is 0 Å². The largest absolute Gasteiger partial charge is 0.445 e. The minimum Gasteiger partial charge on any atom is -0.445 e. The number of benzene rings is 2. The van der Waals surface area contributed by atoms with Gasteiger partial charge in [0.15, 0.2) is 0 Å². The molecular formula is C25H29NO2. The summed E-state index contributed by atoms with van der Waals surface area (Å²) >= 11 is 0. The maximum absolute atomic E-state index is 13.2. The Bertz CT molecular complexity index is 734. The number of carbonyl (C=O) groups is 1. The number of nitrogens with zero attached hydrogens (tertiary/aromatic N) is 1. The number of hydrogen-bond donors (Lipinski definition) is 0. The molecule has 3 nitrogen and oxygen atoms in total. The molecule has 2 aromatic carbocycles. The summed E-state index contributed by atoms with van der Waals surface area (Å²) in [5.41, 5.74) is 2.28. The highest BCUT2D eigenvalue weighted by atomic mass is 16.6. The molecule has 4 aliphatic carbocycles. The molecule has 1 amide bonds. The highest BCUT2D eigenvalue weighted by Gasteiger charge is 2.50. The van der Waals surface area contributed by atoms with Gasteiger partial charge in [-0.25, -0.2) is 4.79 Å². The minimum absolute atomic E-state index is 0.134. The molecule has 0 radical (unpaired) electrons. The fourth-order valence-electron chi connectivity index (χ4n) is 6.05. The molecule has 0 saturated heterocycles. The zero-order valence-corrected chi connectivity index (χ0v) is 16.4. The van der Waals surface area contributed by atoms with E-state index in [9.17, 15) is 4.79 Å². The Kier molecular flexibility index (Phi) is 4.84. The van der Waals surface area contributed by atoms with Crippen molar-refractivity contribution in [2.45, 2.75) is 51.3 Å². The van der Waals surface area contributed by atoms with E-state index in [0.29, 0.717) is 24.9 Å². The van der Waals surface area contributed by atoms with E-state index in [1.54, 1.807) is 0 Å². The van der Waals surface area contributed by atoms with E-state index < -0.39 is 0 Å². The molecule has 28 heavy (non-hydrogen) atoms. The lowest BCUT2D eigenvalue weighted by atomic mass is 9.55. The van der Waals surface area contributed by atoms with Crippen molar-refractivity contribution < 1.29 is 9.53 Å². The first kappa shape index (κ1) is 17.8. The number of ether oxygens (including phenoxy) is 1. The van der Waals surface area contributed by atoms with E-state index in [-0.39, 0.29) is 12.2 Å². The van der Waals surface area contributed by atoms with Crippen LogP contribution in [0.5, 0.6) is 0 Å². The summed E-state index contributed by atoms with van der Waals surface area (Å²) in [4.78, 5) is 15.1. The first-order chi connectivity index (χ1) is 13.7. The van der Waals surface area contributed by atoms with Gasteiger partial charge < -0.3 is 4.74 Å². The number of amides is 1. The van der Waals surface area contributed by atoms with Crippen molar-refractivity contribution >= 4 is 6.09 Å². The van der Waals surface area contributed by atoms with Crippen molar-refractivity contribution in [3.63, 3.8) is 0 Å². The van der Waals surface area contributed by atoms with E-state index in [1.165, 1.54) is 32.1 Å². The molecule has 3 heteroatoms. The fraction of sp³-hybridized carbons (Fsp3) is 0.480. The van der Waals surface area contributed by atoms with Gasteiger partial charge in [-0.15, -0.1) is 0 Å². The first-order valence-electron chi connectivity index (χ1n) is 10.8. The quantitative estimate of drug-likeness (QED) is 0.676. The minimum atomic E-state index is -0.148. The first-order valence-corrected chi connectivity index (χ1v) is 10.8. The fourth-order valence-corrected chi connectivity index (χ4v) is 6.05. The maximum Gasteiger partial charge on any atom is 0.410 e. The predicted octanol–water partition coefficient (Wildman–Crippen LogP) is 5.65. The summed E-state index contributed by atoms with van der Waals surface area (Å²) in [6.07, 6.45) is 6.47. The lowest BCUT2D eigenvalue weighted by molar-refractivity contribution is -0.103. The molecule has 4 aliphatic rings. The lowest BCUT2D eigenvalue weighted by Gasteiger charge is -2.53. The molecule has 0 atom stereocenters. The van der Waals surface area contributed by atoms with Crippen LogP contribution in [0.25, 0.3) is 0 Å². The molecule has 146 valence electrons. The van der Waals surface area contributed by atoms with Gasteiger partial charge in [0.1, 0.15) is 6.10 Å². The van der Waals surface area contributed by atoms with Gasteiger partial charge in [0, 0.05) is 13.1 Å². The van der Waals surface area contributed by atoms with E-state index >= 15 is 0 Å². The van der Waals surface area contributed by atoms with Crippen LogP contribution in [0.15, 0.2) is 60.7 Å². The average Bonchev–Trinajstić information content (AvgIpc) is 2.71. The number of hydrogen-bond acceptors (Lipinski definition) is 2. The Hall–Kier alpha value is -2.29. The van der Waals surface area contributed by atoms with Crippen LogP contribution in [0.2, 0.25) is 0 Å². The van der Waals surface area contributed by atoms with Crippen LogP contribution in [-0.2, 0) is 17.8 Å². The third-order valence-corrected chi connectivity index (χ3v) is 7.07. The standard InChI is InChI=1S/C25H29NO2/c27-25(28-24-22-12-20-11-21(14-22)15-23(24)13-20)26(16-18-7-3-1-4-8-18)17-19-9-5-2-6-10-19/h1-10,20-24H,11-17H2. The van der Waals surface area contributed by atoms with Crippen LogP contribution in [0.4, 0.5) is 4.79 Å². The summed E-state index contributed by atoms with van der Waals surface area (Å²) in [5.74, 6) is 2.97. The van der Waals surface area contributed by atoms with Gasteiger partial charge in [0.05, 0.1) is 0 Å². The maximum atomic E-state index is 13.2. The number of rotatable bonds is 5. The molecule has 0 heterocycles. The molecule has 0 aromatic heterocycles. The van der Waals surface area contributed by atoms with Crippen molar-refractivity contribution in [1.82, 2.24) is 4.90 Å². The average molecular weight is 376 g/mol. The van der Waals surface area contributed by atoms with Gasteiger partial charge in [0.2, 0.25) is 0 Å². The van der Waals surface area contributed by atoms with Crippen LogP contribution >= 0.6 is 0 Å². The van der Waals surface area contributed by atoms with Crippen molar-refractivity contribution in [1.29, 1.82) is 0 Å². The Labute approximate surface area is 167 Å². The monoisotopic (exact) mass is 375 g/mol. The van der Waals surface area contributed by atoms with Crippen molar-refractivity contribution in [2.24, 2.45) is 23.7 Å². The second kappa shape index (κ2) is 7.62. The molecule has 0 aliphatic heterocycles. The molecule has 0 N–H and O–H groups in total. The summed E-state index contributed by atoms with van der Waals surface area (Å²) in [7, 11) is 0. The van der Waals surface area contributed by atoms with E-state index in [0.717, 1.165) is 23.0 Å². The molecule has 4 saturated carbocycles. The smallest absolute Gasteiger partial charge is 0.410 e. The van der Waals surface area contributed by atoms with Crippen LogP contribution < -0.4 is 0 Å². The zero-order chi connectivity index (χ0) is 18.9. The van der Waals surface area contributed by atoms with Gasteiger partial charge in [-0.1, -0.05) is 60.7 Å². The van der Waals surface area contributed by atoms with Gasteiger partial charge >= 0.3 is 6.09 Å². The SMILES string of the molecule is O=C(OC1C2CC3CC(C2)CC1C3)N(Cc1ccccc1)Cc1ccccc1. The highest BCUT2D eigenvalue weighted by Crippen LogP contribution is 2.54. The van der Waals surface area contributed by atoms with Crippen molar-refractivity contribution in [3.8, 4) is 0 Å². The van der Waals surface area contributed by atoms with Crippen LogP contribution in [0, 0.1) is 23.7 Å². The molecule has 2 aromatic rings. The Balaban J connectivity index is 1.32. The molecule has 0 unspecified atom stereocenters. The Morgan fingerprint density at radius 1 is 0.750 bits per heavy atom. The summed E-state index contributed by atoms with van der Waals surface area (Å²) in [5, 5.41) is 0. The van der Waals surface area contributed by atoms with Gasteiger partial charge in [-0.05, 0) is 66.9 Å². The molecular weight excluding hydrogens is 346 g/mol. The Morgan fingerprint density at radius 3 is 1.68 bits per heavy atom. The summed E-state index contributed by atoms with van der Waals surface area (Å²) < 4.78 is 6.22. The third kappa shape index (κ3) is 3.67. The van der Waals surface area contributed by atoms with Gasteiger partial charge in [-0.2, -0.15) is 0 Å². The molecule has 6 rings (SSSR count). The lowest BCUT2D eigenvalue weighted by Crippen LogP contribution is -2.51. The van der Waals surface area contributed by atoms with Crippen LogP contribution in [0.3, 0.4) is 0 Å². The van der Waals surface area contributed by atoms with E-state index in [4.69, 9.17) is 4.74 Å². The summed E-state index contributed by atoms with van der Waals surface area (Å²) in [6, 6.07) is 20.4. The summed E-state index contributed by atoms with van der Waals surface area (Å²) in [6.45, 7) is 1.17. The third-order valence-electron chi connectivity index (χ3n) is 7.07. The highest BCUT2D eigenvalue weighted by molar-refractivity contribution is 5.68. The molecule has 4 bridgehead atoms.